The number of hydrogen-bond donors (Lipinski definition) is 1. The quantitative estimate of drug-likeness (QED) is 0.720. The van der Waals surface area contributed by atoms with Crippen LogP contribution in [0.5, 0.6) is 5.75 Å². The van der Waals surface area contributed by atoms with Gasteiger partial charge in [-0.15, -0.1) is 10.2 Å². The van der Waals surface area contributed by atoms with Crippen LogP contribution in [-0.2, 0) is 11.8 Å². The molecule has 0 unspecified atom stereocenters. The number of amides is 1. The van der Waals surface area contributed by atoms with Crippen LogP contribution in [0.3, 0.4) is 0 Å². The standard InChI is InChI=1S/C19H20N4O2S/c1-13-4-9-17(14(2)10-13)25-11-18(24)21-15-5-7-16(8-6-15)26-19-22-20-12-23(19)3/h4-10,12H,11H2,1-3H3,(H,21,24). The van der Waals surface area contributed by atoms with Crippen LogP contribution < -0.4 is 10.1 Å². The summed E-state index contributed by atoms with van der Waals surface area (Å²) in [6.07, 6.45) is 1.66. The lowest BCUT2D eigenvalue weighted by molar-refractivity contribution is -0.118. The number of ether oxygens (including phenoxy) is 1. The van der Waals surface area contributed by atoms with E-state index in [1.165, 1.54) is 17.3 Å². The van der Waals surface area contributed by atoms with Gasteiger partial charge >= 0.3 is 0 Å². The van der Waals surface area contributed by atoms with Crippen molar-refractivity contribution in [3.05, 3.63) is 59.9 Å². The van der Waals surface area contributed by atoms with Crippen molar-refractivity contribution in [1.82, 2.24) is 14.8 Å². The summed E-state index contributed by atoms with van der Waals surface area (Å²) >= 11 is 1.51. The van der Waals surface area contributed by atoms with Gasteiger partial charge < -0.3 is 14.6 Å². The molecule has 1 heterocycles. The Hall–Kier alpha value is -2.80. The maximum atomic E-state index is 12.1. The Morgan fingerprint density at radius 3 is 2.62 bits per heavy atom. The van der Waals surface area contributed by atoms with Gasteiger partial charge in [0.25, 0.3) is 5.91 Å². The fourth-order valence-electron chi connectivity index (χ4n) is 2.38. The molecule has 134 valence electrons. The normalized spacial score (nSPS) is 10.6. The number of hydrogen-bond acceptors (Lipinski definition) is 5. The van der Waals surface area contributed by atoms with Crippen LogP contribution in [0, 0.1) is 13.8 Å². The van der Waals surface area contributed by atoms with E-state index in [1.54, 1.807) is 6.33 Å². The van der Waals surface area contributed by atoms with Crippen molar-refractivity contribution in [2.45, 2.75) is 23.9 Å². The van der Waals surface area contributed by atoms with Gasteiger partial charge in [0.15, 0.2) is 11.8 Å². The van der Waals surface area contributed by atoms with Gasteiger partial charge in [0.05, 0.1) is 0 Å². The first kappa shape index (κ1) is 18.0. The molecule has 1 N–H and O–H groups in total. The third-order valence-corrected chi connectivity index (χ3v) is 4.77. The molecule has 0 fully saturated rings. The van der Waals surface area contributed by atoms with Crippen molar-refractivity contribution in [1.29, 1.82) is 0 Å². The van der Waals surface area contributed by atoms with Gasteiger partial charge in [0.1, 0.15) is 12.1 Å². The minimum absolute atomic E-state index is 0.0284. The summed E-state index contributed by atoms with van der Waals surface area (Å²) in [6, 6.07) is 13.5. The van der Waals surface area contributed by atoms with Crippen LogP contribution in [-0.4, -0.2) is 27.3 Å². The molecule has 7 heteroatoms. The first-order valence-electron chi connectivity index (χ1n) is 8.13. The van der Waals surface area contributed by atoms with Gasteiger partial charge in [-0.05, 0) is 61.5 Å². The average Bonchev–Trinajstić information content (AvgIpc) is 3.01. The molecule has 0 radical (unpaired) electrons. The maximum absolute atomic E-state index is 12.1. The fourth-order valence-corrected chi connectivity index (χ4v) is 3.14. The highest BCUT2D eigenvalue weighted by Crippen LogP contribution is 2.26. The van der Waals surface area contributed by atoms with Gasteiger partial charge in [-0.1, -0.05) is 17.7 Å². The van der Waals surface area contributed by atoms with Crippen LogP contribution in [0.2, 0.25) is 0 Å². The average molecular weight is 368 g/mol. The Morgan fingerprint density at radius 2 is 1.96 bits per heavy atom. The number of benzene rings is 2. The molecule has 0 atom stereocenters. The van der Waals surface area contributed by atoms with Crippen molar-refractivity contribution in [2.75, 3.05) is 11.9 Å². The molecule has 3 aromatic rings. The minimum atomic E-state index is -0.196. The second-order valence-corrected chi connectivity index (χ2v) is 7.00. The lowest BCUT2D eigenvalue weighted by Crippen LogP contribution is -2.20. The van der Waals surface area contributed by atoms with Crippen molar-refractivity contribution in [3.63, 3.8) is 0 Å². The lowest BCUT2D eigenvalue weighted by atomic mass is 10.1. The third-order valence-electron chi connectivity index (χ3n) is 3.71. The molecule has 6 nitrogen and oxygen atoms in total. The molecule has 1 aromatic heterocycles. The Morgan fingerprint density at radius 1 is 1.19 bits per heavy atom. The van der Waals surface area contributed by atoms with Crippen LogP contribution in [0.4, 0.5) is 5.69 Å². The first-order chi connectivity index (χ1) is 12.5. The number of nitrogens with one attached hydrogen (secondary N) is 1. The van der Waals surface area contributed by atoms with Crippen molar-refractivity contribution in [3.8, 4) is 5.75 Å². The molecular weight excluding hydrogens is 348 g/mol. The molecule has 0 saturated carbocycles. The topological polar surface area (TPSA) is 69.0 Å². The van der Waals surface area contributed by atoms with Crippen LogP contribution >= 0.6 is 11.8 Å². The van der Waals surface area contributed by atoms with Gasteiger partial charge in [0.2, 0.25) is 0 Å². The summed E-state index contributed by atoms with van der Waals surface area (Å²) in [4.78, 5) is 13.1. The Balaban J connectivity index is 1.53. The van der Waals surface area contributed by atoms with E-state index in [-0.39, 0.29) is 12.5 Å². The molecule has 26 heavy (non-hydrogen) atoms. The Labute approximate surface area is 156 Å². The van der Waals surface area contributed by atoms with Crippen molar-refractivity contribution < 1.29 is 9.53 Å². The summed E-state index contributed by atoms with van der Waals surface area (Å²) in [5, 5.41) is 11.5. The second kappa shape index (κ2) is 8.05. The molecule has 3 rings (SSSR count). The number of aromatic nitrogens is 3. The second-order valence-electron chi connectivity index (χ2n) is 5.96. The molecule has 0 saturated heterocycles. The van der Waals surface area contributed by atoms with E-state index >= 15 is 0 Å². The highest BCUT2D eigenvalue weighted by atomic mass is 32.2. The smallest absolute Gasteiger partial charge is 0.262 e. The number of anilines is 1. The number of rotatable bonds is 6. The van der Waals surface area contributed by atoms with Gasteiger partial charge in [-0.3, -0.25) is 4.79 Å². The van der Waals surface area contributed by atoms with Gasteiger partial charge in [-0.25, -0.2) is 0 Å². The predicted octanol–water partition coefficient (Wildman–Crippen LogP) is 3.60. The molecule has 0 aliphatic heterocycles. The van der Waals surface area contributed by atoms with E-state index in [4.69, 9.17) is 4.74 Å². The molecule has 0 bridgehead atoms. The van der Waals surface area contributed by atoms with E-state index in [1.807, 2.05) is 67.9 Å². The van der Waals surface area contributed by atoms with E-state index in [0.29, 0.717) is 0 Å². The SMILES string of the molecule is Cc1ccc(OCC(=O)Nc2ccc(Sc3nncn3C)cc2)c(C)c1. The molecule has 2 aromatic carbocycles. The van der Waals surface area contributed by atoms with Crippen LogP contribution in [0.1, 0.15) is 11.1 Å². The zero-order chi connectivity index (χ0) is 18.5. The zero-order valence-corrected chi connectivity index (χ0v) is 15.7. The first-order valence-corrected chi connectivity index (χ1v) is 8.95. The number of carbonyl (C=O) groups is 1. The summed E-state index contributed by atoms with van der Waals surface area (Å²) in [7, 11) is 1.90. The van der Waals surface area contributed by atoms with E-state index in [9.17, 15) is 4.79 Å². The molecular formula is C19H20N4O2S. The Bertz CT molecular complexity index is 906. The van der Waals surface area contributed by atoms with E-state index in [2.05, 4.69) is 15.5 Å². The monoisotopic (exact) mass is 368 g/mol. The summed E-state index contributed by atoms with van der Waals surface area (Å²) in [6.45, 7) is 3.96. The lowest BCUT2D eigenvalue weighted by Gasteiger charge is -2.10. The molecule has 0 aliphatic rings. The number of carbonyl (C=O) groups excluding carboxylic acids is 1. The van der Waals surface area contributed by atoms with Crippen LogP contribution in [0.25, 0.3) is 0 Å². The number of aryl methyl sites for hydroxylation is 3. The third kappa shape index (κ3) is 4.64. The summed E-state index contributed by atoms with van der Waals surface area (Å²) in [5.41, 5.74) is 2.91. The van der Waals surface area contributed by atoms with Crippen LogP contribution in [0.15, 0.2) is 58.8 Å². The minimum Gasteiger partial charge on any atom is -0.483 e. The predicted molar refractivity (Wildman–Crippen MR) is 102 cm³/mol. The molecule has 0 aliphatic carbocycles. The summed E-state index contributed by atoms with van der Waals surface area (Å²) < 4.78 is 7.45. The largest absolute Gasteiger partial charge is 0.483 e. The van der Waals surface area contributed by atoms with Crippen molar-refractivity contribution >= 4 is 23.4 Å². The molecule has 1 amide bonds. The fraction of sp³-hybridized carbons (Fsp3) is 0.211. The van der Waals surface area contributed by atoms with Gasteiger partial charge in [-0.2, -0.15) is 0 Å². The van der Waals surface area contributed by atoms with Crippen molar-refractivity contribution in [2.24, 2.45) is 7.05 Å². The Kier molecular flexibility index (Phi) is 5.58. The van der Waals surface area contributed by atoms with E-state index < -0.39 is 0 Å². The maximum Gasteiger partial charge on any atom is 0.262 e. The number of nitrogens with zero attached hydrogens (tertiary/aromatic N) is 3. The highest BCUT2D eigenvalue weighted by Gasteiger charge is 2.07. The van der Waals surface area contributed by atoms with Gasteiger partial charge in [0, 0.05) is 17.6 Å². The highest BCUT2D eigenvalue weighted by molar-refractivity contribution is 7.99. The van der Waals surface area contributed by atoms with E-state index in [0.717, 1.165) is 27.1 Å². The molecule has 0 spiro atoms. The zero-order valence-electron chi connectivity index (χ0n) is 14.9. The summed E-state index contributed by atoms with van der Waals surface area (Å²) in [5.74, 6) is 0.528.